The third kappa shape index (κ3) is 4.61. The minimum Gasteiger partial charge on any atom is -0.481 e. The van der Waals surface area contributed by atoms with Gasteiger partial charge in [0, 0.05) is 29.6 Å². The number of hydrogen-bond donors (Lipinski definition) is 1. The molecule has 0 atom stereocenters. The summed E-state index contributed by atoms with van der Waals surface area (Å²) in [5, 5.41) is 9.83. The molecule has 0 bridgehead atoms. The first-order valence-electron chi connectivity index (χ1n) is 6.89. The molecule has 0 unspecified atom stereocenters. The molecule has 2 rings (SSSR count). The van der Waals surface area contributed by atoms with E-state index in [1.54, 1.807) is 23.1 Å². The highest BCUT2D eigenvalue weighted by Crippen LogP contribution is 2.24. The minimum atomic E-state index is -0.771. The minimum absolute atomic E-state index is 0.0213. The monoisotopic (exact) mass is 329 g/mol. The summed E-state index contributed by atoms with van der Waals surface area (Å²) in [6.07, 6.45) is 1.92. The summed E-state index contributed by atoms with van der Waals surface area (Å²) in [5.74, 6) is -0.577. The normalized spacial score (nSPS) is 16.0. The van der Waals surface area contributed by atoms with Crippen molar-refractivity contribution in [2.24, 2.45) is 5.92 Å². The number of likely N-dealkylation sites (tertiary alicyclic amines) is 1. The summed E-state index contributed by atoms with van der Waals surface area (Å²) >= 11 is 11.9. The van der Waals surface area contributed by atoms with Crippen molar-refractivity contribution in [1.82, 2.24) is 4.90 Å². The van der Waals surface area contributed by atoms with Gasteiger partial charge in [-0.15, -0.1) is 0 Å². The van der Waals surface area contributed by atoms with Crippen molar-refractivity contribution >= 4 is 35.1 Å². The van der Waals surface area contributed by atoms with Gasteiger partial charge >= 0.3 is 5.97 Å². The Kier molecular flexibility index (Phi) is 5.48. The number of amides is 1. The lowest BCUT2D eigenvalue weighted by molar-refractivity contribution is -0.138. The molecule has 0 spiro atoms. The number of carboxylic acids is 1. The fourth-order valence-electron chi connectivity index (χ4n) is 2.57. The van der Waals surface area contributed by atoms with Crippen LogP contribution >= 0.6 is 23.2 Å². The quantitative estimate of drug-likeness (QED) is 0.922. The van der Waals surface area contributed by atoms with Crippen LogP contribution in [0, 0.1) is 5.92 Å². The number of aliphatic carboxylic acids is 1. The van der Waals surface area contributed by atoms with Crippen LogP contribution in [0.5, 0.6) is 0 Å². The number of halogens is 2. The molecular formula is C15H17Cl2NO3. The van der Waals surface area contributed by atoms with Gasteiger partial charge in [0.15, 0.2) is 0 Å². The second-order valence-corrected chi connectivity index (χ2v) is 6.18. The van der Waals surface area contributed by atoms with Crippen molar-refractivity contribution in [3.8, 4) is 0 Å². The second kappa shape index (κ2) is 7.14. The van der Waals surface area contributed by atoms with Crippen LogP contribution in [0.2, 0.25) is 10.0 Å². The Balaban J connectivity index is 1.89. The molecule has 6 heteroatoms. The summed E-state index contributed by atoms with van der Waals surface area (Å²) in [6, 6.07) is 5.11. The second-order valence-electron chi connectivity index (χ2n) is 5.33. The van der Waals surface area contributed by atoms with Gasteiger partial charge < -0.3 is 10.0 Å². The van der Waals surface area contributed by atoms with Crippen LogP contribution in [-0.2, 0) is 16.0 Å². The van der Waals surface area contributed by atoms with E-state index in [9.17, 15) is 9.59 Å². The smallest absolute Gasteiger partial charge is 0.303 e. The largest absolute Gasteiger partial charge is 0.481 e. The van der Waals surface area contributed by atoms with Crippen LogP contribution in [0.15, 0.2) is 18.2 Å². The van der Waals surface area contributed by atoms with E-state index in [4.69, 9.17) is 28.3 Å². The molecule has 21 heavy (non-hydrogen) atoms. The van der Waals surface area contributed by atoms with Gasteiger partial charge in [0.05, 0.1) is 6.42 Å². The number of piperidine rings is 1. The van der Waals surface area contributed by atoms with E-state index in [1.807, 2.05) is 0 Å². The summed E-state index contributed by atoms with van der Waals surface area (Å²) in [4.78, 5) is 24.7. The average Bonchev–Trinajstić information content (AvgIpc) is 2.42. The highest BCUT2D eigenvalue weighted by Gasteiger charge is 2.24. The topological polar surface area (TPSA) is 57.6 Å². The first kappa shape index (κ1) is 16.1. The maximum absolute atomic E-state index is 12.3. The predicted octanol–water partition coefficient (Wildman–Crippen LogP) is 3.25. The van der Waals surface area contributed by atoms with Crippen LogP contribution in [0.3, 0.4) is 0 Å². The van der Waals surface area contributed by atoms with Crippen LogP contribution in [0.25, 0.3) is 0 Å². The third-order valence-corrected chi connectivity index (χ3v) is 4.37. The van der Waals surface area contributed by atoms with E-state index in [0.717, 1.165) is 18.4 Å². The van der Waals surface area contributed by atoms with E-state index >= 15 is 0 Å². The molecule has 4 nitrogen and oxygen atoms in total. The van der Waals surface area contributed by atoms with Crippen LogP contribution < -0.4 is 0 Å². The van der Waals surface area contributed by atoms with Gasteiger partial charge in [-0.2, -0.15) is 0 Å². The lowest BCUT2D eigenvalue weighted by atomic mass is 9.93. The Hall–Kier alpha value is -1.26. The van der Waals surface area contributed by atoms with Crippen molar-refractivity contribution in [2.75, 3.05) is 13.1 Å². The van der Waals surface area contributed by atoms with E-state index in [1.165, 1.54) is 0 Å². The van der Waals surface area contributed by atoms with Crippen LogP contribution in [0.4, 0.5) is 0 Å². The molecule has 1 aromatic carbocycles. The Morgan fingerprint density at radius 2 is 1.90 bits per heavy atom. The molecule has 1 amide bonds. The molecule has 1 fully saturated rings. The molecule has 114 valence electrons. The number of hydrogen-bond acceptors (Lipinski definition) is 2. The Bertz CT molecular complexity index is 540. The Labute approximate surface area is 133 Å². The molecule has 0 aliphatic carbocycles. The highest BCUT2D eigenvalue weighted by molar-refractivity contribution is 6.35. The summed E-state index contributed by atoms with van der Waals surface area (Å²) < 4.78 is 0. The summed E-state index contributed by atoms with van der Waals surface area (Å²) in [5.41, 5.74) is 0.763. The van der Waals surface area contributed by atoms with Gasteiger partial charge in [-0.25, -0.2) is 0 Å². The van der Waals surface area contributed by atoms with E-state index < -0.39 is 5.97 Å². The van der Waals surface area contributed by atoms with Gasteiger partial charge in [-0.3, -0.25) is 9.59 Å². The molecule has 1 saturated heterocycles. The predicted molar refractivity (Wildman–Crippen MR) is 81.7 cm³/mol. The third-order valence-electron chi connectivity index (χ3n) is 3.79. The van der Waals surface area contributed by atoms with Crippen LogP contribution in [0.1, 0.15) is 24.8 Å². The molecule has 0 aromatic heterocycles. The highest BCUT2D eigenvalue weighted by atomic mass is 35.5. The zero-order chi connectivity index (χ0) is 15.4. The van der Waals surface area contributed by atoms with Gasteiger partial charge in [-0.1, -0.05) is 29.3 Å². The van der Waals surface area contributed by atoms with E-state index in [0.29, 0.717) is 23.1 Å². The molecule has 0 saturated carbocycles. The maximum Gasteiger partial charge on any atom is 0.303 e. The maximum atomic E-state index is 12.3. The standard InChI is InChI=1S/C15H17Cl2NO3/c16-12-2-1-11(13(17)9-12)8-14(19)18-5-3-10(4-6-18)7-15(20)21/h1-2,9-10H,3-8H2,(H,20,21). The number of benzene rings is 1. The average molecular weight is 330 g/mol. The lowest BCUT2D eigenvalue weighted by Gasteiger charge is -2.31. The molecule has 1 N–H and O–H groups in total. The summed E-state index contributed by atoms with van der Waals surface area (Å²) in [7, 11) is 0. The molecule has 1 aromatic rings. The molecule has 1 aliphatic heterocycles. The number of carbonyl (C=O) groups is 2. The number of carbonyl (C=O) groups excluding carboxylic acids is 1. The zero-order valence-electron chi connectivity index (χ0n) is 11.5. The molecule has 0 radical (unpaired) electrons. The fourth-order valence-corrected chi connectivity index (χ4v) is 3.05. The van der Waals surface area contributed by atoms with Gasteiger partial charge in [0.1, 0.15) is 0 Å². The van der Waals surface area contributed by atoms with Gasteiger partial charge in [0.2, 0.25) is 5.91 Å². The van der Waals surface area contributed by atoms with Crippen molar-refractivity contribution in [1.29, 1.82) is 0 Å². The zero-order valence-corrected chi connectivity index (χ0v) is 13.0. The van der Waals surface area contributed by atoms with E-state index in [2.05, 4.69) is 0 Å². The summed E-state index contributed by atoms with van der Waals surface area (Å²) in [6.45, 7) is 1.23. The number of rotatable bonds is 4. The van der Waals surface area contributed by atoms with E-state index in [-0.39, 0.29) is 24.7 Å². The Morgan fingerprint density at radius 3 is 2.48 bits per heavy atom. The molecule has 1 aliphatic rings. The fraction of sp³-hybridized carbons (Fsp3) is 0.467. The first-order chi connectivity index (χ1) is 9.95. The lowest BCUT2D eigenvalue weighted by Crippen LogP contribution is -2.39. The van der Waals surface area contributed by atoms with Crippen molar-refractivity contribution in [3.05, 3.63) is 33.8 Å². The molecule has 1 heterocycles. The number of carboxylic acid groups (broad SMARTS) is 1. The van der Waals surface area contributed by atoms with Gasteiger partial charge in [0.25, 0.3) is 0 Å². The van der Waals surface area contributed by atoms with Gasteiger partial charge in [-0.05, 0) is 36.5 Å². The molecular weight excluding hydrogens is 313 g/mol. The Morgan fingerprint density at radius 1 is 1.24 bits per heavy atom. The van der Waals surface area contributed by atoms with Crippen LogP contribution in [-0.4, -0.2) is 35.0 Å². The van der Waals surface area contributed by atoms with Crippen molar-refractivity contribution < 1.29 is 14.7 Å². The van der Waals surface area contributed by atoms with Crippen molar-refractivity contribution in [2.45, 2.75) is 25.7 Å². The SMILES string of the molecule is O=C(O)CC1CCN(C(=O)Cc2ccc(Cl)cc2Cl)CC1. The first-order valence-corrected chi connectivity index (χ1v) is 7.65. The van der Waals surface area contributed by atoms with Crippen molar-refractivity contribution in [3.63, 3.8) is 0 Å². The number of nitrogens with zero attached hydrogens (tertiary/aromatic N) is 1.